The number of nitrogens with one attached hydrogen (secondary N) is 2. The number of hydrogen-bond donors (Lipinski definition) is 2. The number of fused-ring (bicyclic) bond motifs is 4. The Kier molecular flexibility index (Phi) is 27.8. The molecular formula is C92H123Cl3N10O5. The number of carbonyl (C=O) groups is 5. The van der Waals surface area contributed by atoms with Crippen LogP contribution in [0.15, 0.2) is 109 Å². The molecule has 8 aliphatic heterocycles. The minimum absolute atomic E-state index is 0.133. The molecule has 0 spiro atoms. The van der Waals surface area contributed by atoms with E-state index in [1.165, 1.54) is 0 Å². The van der Waals surface area contributed by atoms with Crippen molar-refractivity contribution in [1.29, 1.82) is 0 Å². The second kappa shape index (κ2) is 37.0. The number of hydrogen-bond acceptors (Lipinski definition) is 10. The second-order valence-electron chi connectivity index (χ2n) is 35.0. The lowest BCUT2D eigenvalue weighted by Crippen LogP contribution is -2.41. The van der Waals surface area contributed by atoms with Gasteiger partial charge in [-0.25, -0.2) is 0 Å². The van der Waals surface area contributed by atoms with Crippen LogP contribution in [0.1, 0.15) is 144 Å². The first-order chi connectivity index (χ1) is 52.7. The van der Waals surface area contributed by atoms with Gasteiger partial charge in [-0.3, -0.25) is 24.0 Å². The van der Waals surface area contributed by atoms with Gasteiger partial charge in [0, 0.05) is 193 Å². The Hall–Kier alpha value is -6.82. The number of rotatable bonds is 18. The SMILES string of the molecule is Cc1ccc(N(CC(C)CN2CC3CN(C(=O)c4c(C)cccc4C)CC3C2)C(=O)C2CCCC2)cc1Cl.Cc1ccc(NCC(C)CN2CC3CN(C(=O)c4c(C)cccc4C)CC3C2)cc1Cl.Cc1cccc(C)c1C(=O)N1CC2CN(CC(C)CCl)CC2C1.Cc1cccc(C)c1C(=O)N1CC2CNCC2C1. The van der Waals surface area contributed by atoms with E-state index in [1.54, 1.807) is 0 Å². The molecular weight excluding hydrogens is 1430 g/mol. The molecule has 1 aliphatic carbocycles. The molecule has 0 radical (unpaired) electrons. The molecule has 6 aromatic carbocycles. The molecule has 1 saturated carbocycles. The van der Waals surface area contributed by atoms with Crippen LogP contribution >= 0.6 is 34.8 Å². The van der Waals surface area contributed by atoms with Crippen molar-refractivity contribution in [2.75, 3.05) is 154 Å². The van der Waals surface area contributed by atoms with Gasteiger partial charge < -0.3 is 49.8 Å². The molecule has 8 saturated heterocycles. The largest absolute Gasteiger partial charge is 0.385 e. The summed E-state index contributed by atoms with van der Waals surface area (Å²) in [5.74, 6) is 8.24. The van der Waals surface area contributed by atoms with Gasteiger partial charge in [0.2, 0.25) is 5.91 Å². The number of carbonyl (C=O) groups excluding carboxylic acids is 5. The monoisotopic (exact) mass is 1550 g/mol. The van der Waals surface area contributed by atoms with E-state index in [4.69, 9.17) is 34.8 Å². The molecule has 9 aliphatic rings. The lowest BCUT2D eigenvalue weighted by Gasteiger charge is -2.31. The number of anilines is 2. The highest BCUT2D eigenvalue weighted by Gasteiger charge is 2.46. The van der Waals surface area contributed by atoms with Gasteiger partial charge in [0.1, 0.15) is 0 Å². The highest BCUT2D eigenvalue weighted by molar-refractivity contribution is 6.32. The minimum atomic E-state index is 0.133. The lowest BCUT2D eigenvalue weighted by atomic mass is 10.0. The summed E-state index contributed by atoms with van der Waals surface area (Å²) in [7, 11) is 0. The van der Waals surface area contributed by atoms with Crippen molar-refractivity contribution < 1.29 is 24.0 Å². The zero-order chi connectivity index (χ0) is 78.4. The van der Waals surface area contributed by atoms with E-state index in [0.717, 1.165) is 257 Å². The Morgan fingerprint density at radius 2 is 0.727 bits per heavy atom. The normalized spacial score (nSPS) is 23.7. The molecule has 18 heteroatoms. The van der Waals surface area contributed by atoms with Crippen molar-refractivity contribution in [2.24, 2.45) is 71.0 Å². The summed E-state index contributed by atoms with van der Waals surface area (Å²) in [5.41, 5.74) is 16.4. The topological polar surface area (TPSA) is 135 Å². The fourth-order valence-corrected chi connectivity index (χ4v) is 20.2. The summed E-state index contributed by atoms with van der Waals surface area (Å²) >= 11 is 18.6. The van der Waals surface area contributed by atoms with E-state index < -0.39 is 0 Å². The summed E-state index contributed by atoms with van der Waals surface area (Å²) in [6.07, 6.45) is 4.29. The number of nitrogens with zero attached hydrogens (tertiary/aromatic N) is 8. The van der Waals surface area contributed by atoms with Gasteiger partial charge in [0.25, 0.3) is 23.6 Å². The van der Waals surface area contributed by atoms with Gasteiger partial charge in [-0.2, -0.15) is 0 Å². The van der Waals surface area contributed by atoms with Gasteiger partial charge >= 0.3 is 0 Å². The molecule has 5 amide bonds. The molecule has 11 unspecified atom stereocenters. The van der Waals surface area contributed by atoms with Crippen molar-refractivity contribution in [3.63, 3.8) is 0 Å². The van der Waals surface area contributed by atoms with Gasteiger partial charge in [-0.15, -0.1) is 11.6 Å². The molecule has 0 aromatic heterocycles. The summed E-state index contributed by atoms with van der Waals surface area (Å²) in [6.45, 7) is 47.6. The molecule has 2 N–H and O–H groups in total. The van der Waals surface area contributed by atoms with Crippen LogP contribution in [-0.2, 0) is 4.79 Å². The van der Waals surface area contributed by atoms with E-state index in [-0.39, 0.29) is 35.5 Å². The molecule has 8 heterocycles. The molecule has 592 valence electrons. The molecule has 15 rings (SSSR count). The van der Waals surface area contributed by atoms with E-state index in [9.17, 15) is 24.0 Å². The minimum Gasteiger partial charge on any atom is -0.385 e. The molecule has 11 atom stereocenters. The molecule has 110 heavy (non-hydrogen) atoms. The molecule has 15 nitrogen and oxygen atoms in total. The Bertz CT molecular complexity index is 4120. The predicted molar refractivity (Wildman–Crippen MR) is 451 cm³/mol. The second-order valence-corrected chi connectivity index (χ2v) is 36.1. The smallest absolute Gasteiger partial charge is 0.254 e. The Morgan fingerprint density at radius 1 is 0.409 bits per heavy atom. The summed E-state index contributed by atoms with van der Waals surface area (Å²) in [5, 5.41) is 8.46. The van der Waals surface area contributed by atoms with Crippen LogP contribution in [0, 0.1) is 140 Å². The van der Waals surface area contributed by atoms with E-state index in [0.29, 0.717) is 76.7 Å². The third kappa shape index (κ3) is 19.7. The van der Waals surface area contributed by atoms with Crippen LogP contribution in [0.2, 0.25) is 10.0 Å². The first-order valence-corrected chi connectivity index (χ1v) is 42.4. The number of aryl methyl sites for hydroxylation is 10. The van der Waals surface area contributed by atoms with Crippen LogP contribution in [0.5, 0.6) is 0 Å². The Morgan fingerprint density at radius 3 is 1.06 bits per heavy atom. The van der Waals surface area contributed by atoms with E-state index in [2.05, 4.69) is 72.9 Å². The summed E-state index contributed by atoms with van der Waals surface area (Å²) in [4.78, 5) is 83.5. The average molecular weight is 1560 g/mol. The summed E-state index contributed by atoms with van der Waals surface area (Å²) < 4.78 is 0. The van der Waals surface area contributed by atoms with Crippen LogP contribution in [0.25, 0.3) is 0 Å². The van der Waals surface area contributed by atoms with Crippen molar-refractivity contribution in [1.82, 2.24) is 39.6 Å². The van der Waals surface area contributed by atoms with Crippen LogP contribution in [0.4, 0.5) is 11.4 Å². The maximum Gasteiger partial charge on any atom is 0.254 e. The van der Waals surface area contributed by atoms with Crippen molar-refractivity contribution in [2.45, 2.75) is 116 Å². The van der Waals surface area contributed by atoms with Crippen LogP contribution in [0.3, 0.4) is 0 Å². The predicted octanol–water partition coefficient (Wildman–Crippen LogP) is 15.9. The fraction of sp³-hybridized carbons (Fsp3) is 0.554. The average Bonchev–Trinajstić information content (AvgIpc) is 1.64. The number of amides is 5. The van der Waals surface area contributed by atoms with Gasteiger partial charge in [-0.1, -0.05) is 142 Å². The molecule has 6 aromatic rings. The zero-order valence-electron chi connectivity index (χ0n) is 68.0. The number of halogens is 3. The first kappa shape index (κ1) is 82.6. The Balaban J connectivity index is 0.000000141. The molecule has 0 bridgehead atoms. The highest BCUT2D eigenvalue weighted by Crippen LogP contribution is 2.39. The third-order valence-corrected chi connectivity index (χ3v) is 27.1. The van der Waals surface area contributed by atoms with E-state index in [1.807, 2.05) is 176 Å². The zero-order valence-corrected chi connectivity index (χ0v) is 70.2. The number of benzene rings is 6. The number of likely N-dealkylation sites (tertiary alicyclic amines) is 7. The standard InChI is InChI=1S/C32H42ClN3O2.C26H34ClN3O.C19H27ClN2O.C15H20N2O/c1-21(16-36(31(37)25-10-5-6-11-25)28-13-12-22(2)29(33)14-28)15-34-17-26-19-35(20-27(26)18-34)32(38)30-23(3)8-7-9-24(30)4;1-17(11-28-23-9-8-18(2)24(27)10-23)12-29-13-21-15-30(16-22(21)14-29)26(31)25-19(3)6-5-7-20(25)4;1-13(7-20)8-21-9-16-11-22(12-17(16)10-21)19(23)18-14(2)5-4-6-15(18)3;1-10-4-3-5-11(2)14(10)15(18)17-8-12-6-16-7-13(12)9-17/h7-9,12-14,21,25-27H,5-6,10-11,15-20H2,1-4H3;5-10,17,21-22,28H,11-16H2,1-4H3;4-6,13,16-17H,7-12H2,1-3H3;3-5,12-13,16H,6-9H2,1-2H3. The Labute approximate surface area is 672 Å². The third-order valence-electron chi connectivity index (χ3n) is 25.7. The maximum atomic E-state index is 13.6. The van der Waals surface area contributed by atoms with E-state index >= 15 is 0 Å². The quantitative estimate of drug-likeness (QED) is 0.0801. The van der Waals surface area contributed by atoms with Crippen molar-refractivity contribution in [3.05, 3.63) is 197 Å². The van der Waals surface area contributed by atoms with Crippen LogP contribution in [-0.4, -0.2) is 207 Å². The molecule has 9 fully saturated rings. The van der Waals surface area contributed by atoms with Crippen molar-refractivity contribution >= 4 is 75.7 Å². The highest BCUT2D eigenvalue weighted by atomic mass is 35.5. The fourth-order valence-electron chi connectivity index (χ4n) is 19.7. The van der Waals surface area contributed by atoms with Gasteiger partial charge in [0.15, 0.2) is 0 Å². The van der Waals surface area contributed by atoms with Crippen LogP contribution < -0.4 is 15.5 Å². The first-order valence-electron chi connectivity index (χ1n) is 41.1. The maximum absolute atomic E-state index is 13.6. The van der Waals surface area contributed by atoms with Crippen molar-refractivity contribution in [3.8, 4) is 0 Å². The van der Waals surface area contributed by atoms with Gasteiger partial charge in [0.05, 0.1) is 0 Å². The number of alkyl halides is 1. The lowest BCUT2D eigenvalue weighted by molar-refractivity contribution is -0.122. The van der Waals surface area contributed by atoms with Gasteiger partial charge in [-0.05, 0) is 227 Å². The summed E-state index contributed by atoms with van der Waals surface area (Å²) in [6, 6.07) is 36.5.